The highest BCUT2D eigenvalue weighted by Gasteiger charge is 2.38. The second kappa shape index (κ2) is 9.22. The number of aryl methyl sites for hydroxylation is 1. The molecule has 0 saturated carbocycles. The van der Waals surface area contributed by atoms with Crippen molar-refractivity contribution in [2.24, 2.45) is 0 Å². The number of pyridine rings is 2. The van der Waals surface area contributed by atoms with Crippen LogP contribution in [0.1, 0.15) is 16.1 Å². The van der Waals surface area contributed by atoms with Crippen LogP contribution in [0.3, 0.4) is 0 Å². The number of carboxylic acids is 2. The molecule has 0 spiro atoms. The molecule has 3 rings (SSSR count). The van der Waals surface area contributed by atoms with Crippen LogP contribution < -0.4 is 9.80 Å². The molecule has 156 valence electrons. The summed E-state index contributed by atoms with van der Waals surface area (Å²) in [6, 6.07) is 7.35. The average molecular weight is 412 g/mol. The molecular weight excluding hydrogens is 393 g/mol. The van der Waals surface area contributed by atoms with E-state index in [1.165, 1.54) is 0 Å². The van der Waals surface area contributed by atoms with Crippen molar-refractivity contribution >= 4 is 23.4 Å². The molecule has 1 saturated heterocycles. The Balaban J connectivity index is 0.000000370. The third-order valence-electron chi connectivity index (χ3n) is 4.09. The fourth-order valence-corrected chi connectivity index (χ4v) is 2.68. The van der Waals surface area contributed by atoms with Gasteiger partial charge in [-0.25, -0.2) is 14.6 Å². The predicted molar refractivity (Wildman–Crippen MR) is 98.3 cm³/mol. The van der Waals surface area contributed by atoms with Crippen molar-refractivity contribution in [3.8, 4) is 0 Å². The maximum Gasteiger partial charge on any atom is 0.490 e. The summed E-state index contributed by atoms with van der Waals surface area (Å²) in [4.78, 5) is 33.1. The summed E-state index contributed by atoms with van der Waals surface area (Å²) in [6.45, 7) is 5.04. The Hall–Kier alpha value is -3.37. The monoisotopic (exact) mass is 412 g/mol. The van der Waals surface area contributed by atoms with E-state index in [1.807, 2.05) is 24.0 Å². The van der Waals surface area contributed by atoms with E-state index in [1.54, 1.807) is 24.5 Å². The van der Waals surface area contributed by atoms with Gasteiger partial charge in [0.2, 0.25) is 0 Å². The van der Waals surface area contributed by atoms with Crippen LogP contribution in [-0.2, 0) is 4.79 Å². The number of hydrogen-bond donors (Lipinski definition) is 2. The number of anilines is 2. The molecule has 3 heterocycles. The minimum absolute atomic E-state index is 0.267. The highest BCUT2D eigenvalue weighted by molar-refractivity contribution is 5.93. The van der Waals surface area contributed by atoms with Crippen LogP contribution in [-0.4, -0.2) is 64.5 Å². The Bertz CT molecular complexity index is 854. The second-order valence-corrected chi connectivity index (χ2v) is 6.11. The first-order valence-electron chi connectivity index (χ1n) is 8.50. The molecule has 11 heteroatoms. The van der Waals surface area contributed by atoms with Crippen molar-refractivity contribution in [3.63, 3.8) is 0 Å². The molecule has 0 unspecified atom stereocenters. The van der Waals surface area contributed by atoms with Gasteiger partial charge in [-0.1, -0.05) is 0 Å². The number of carboxylic acid groups (broad SMARTS) is 2. The minimum atomic E-state index is -5.08. The Morgan fingerprint density at radius 1 is 0.966 bits per heavy atom. The van der Waals surface area contributed by atoms with E-state index in [2.05, 4.69) is 14.9 Å². The predicted octanol–water partition coefficient (Wildman–Crippen LogP) is 2.44. The highest BCUT2D eigenvalue weighted by atomic mass is 19.4. The number of hydrogen-bond acceptors (Lipinski definition) is 6. The first-order chi connectivity index (χ1) is 13.6. The smallest absolute Gasteiger partial charge is 0.478 e. The first-order valence-corrected chi connectivity index (χ1v) is 8.50. The maximum atomic E-state index is 11.4. The molecule has 1 aliphatic heterocycles. The second-order valence-electron chi connectivity index (χ2n) is 6.11. The molecule has 0 aliphatic carbocycles. The van der Waals surface area contributed by atoms with Crippen molar-refractivity contribution in [2.75, 3.05) is 36.0 Å². The van der Waals surface area contributed by atoms with E-state index in [4.69, 9.17) is 9.90 Å². The van der Waals surface area contributed by atoms with Crippen LogP contribution in [0.5, 0.6) is 0 Å². The van der Waals surface area contributed by atoms with E-state index in [0.29, 0.717) is 5.82 Å². The number of alkyl halides is 3. The number of aromatic carboxylic acids is 1. The normalized spacial score (nSPS) is 14.1. The van der Waals surface area contributed by atoms with Crippen LogP contribution in [0.25, 0.3) is 0 Å². The number of rotatable bonds is 3. The van der Waals surface area contributed by atoms with Gasteiger partial charge in [-0.3, -0.25) is 4.98 Å². The van der Waals surface area contributed by atoms with Gasteiger partial charge in [0.25, 0.3) is 0 Å². The summed E-state index contributed by atoms with van der Waals surface area (Å²) in [5, 5.41) is 16.5. The van der Waals surface area contributed by atoms with E-state index >= 15 is 0 Å². The quantitative estimate of drug-likeness (QED) is 0.792. The first kappa shape index (κ1) is 21.9. The standard InChI is InChI=1S/C16H18N4O2.C2HF3O2/c1-12-2-3-14(16(21)22)15(18-12)20-10-8-19(9-11-20)13-4-6-17-7-5-13;3-2(4,5)1(6)7/h2-7H,8-11H2,1H3,(H,21,22);(H,6,7). The summed E-state index contributed by atoms with van der Waals surface area (Å²) >= 11 is 0. The number of nitrogens with zero attached hydrogens (tertiary/aromatic N) is 4. The summed E-state index contributed by atoms with van der Waals surface area (Å²) in [7, 11) is 0. The van der Waals surface area contributed by atoms with E-state index < -0.39 is 18.1 Å². The highest BCUT2D eigenvalue weighted by Crippen LogP contribution is 2.22. The molecule has 1 aliphatic rings. The van der Waals surface area contributed by atoms with Gasteiger partial charge < -0.3 is 20.0 Å². The third kappa shape index (κ3) is 6.06. The van der Waals surface area contributed by atoms with Crippen molar-refractivity contribution in [1.29, 1.82) is 0 Å². The molecular formula is C18H19F3N4O4. The van der Waals surface area contributed by atoms with Crippen LogP contribution in [0.2, 0.25) is 0 Å². The van der Waals surface area contributed by atoms with Crippen molar-refractivity contribution in [1.82, 2.24) is 9.97 Å². The lowest BCUT2D eigenvalue weighted by Gasteiger charge is -2.37. The summed E-state index contributed by atoms with van der Waals surface area (Å²) in [6.07, 6.45) is -1.52. The summed E-state index contributed by atoms with van der Waals surface area (Å²) < 4.78 is 31.7. The van der Waals surface area contributed by atoms with Gasteiger partial charge in [0, 0.05) is 50.0 Å². The van der Waals surface area contributed by atoms with E-state index in [-0.39, 0.29) is 5.56 Å². The van der Waals surface area contributed by atoms with Gasteiger partial charge in [-0.2, -0.15) is 13.2 Å². The van der Waals surface area contributed by atoms with Crippen molar-refractivity contribution in [2.45, 2.75) is 13.1 Å². The number of piperazine rings is 1. The molecule has 0 radical (unpaired) electrons. The molecule has 29 heavy (non-hydrogen) atoms. The molecule has 1 fully saturated rings. The zero-order valence-corrected chi connectivity index (χ0v) is 15.4. The van der Waals surface area contributed by atoms with Crippen LogP contribution in [0.15, 0.2) is 36.7 Å². The van der Waals surface area contributed by atoms with Gasteiger partial charge >= 0.3 is 18.1 Å². The largest absolute Gasteiger partial charge is 0.490 e. The molecule has 0 atom stereocenters. The molecule has 0 amide bonds. The van der Waals surface area contributed by atoms with E-state index in [9.17, 15) is 23.1 Å². The Kier molecular flexibility index (Phi) is 6.97. The molecule has 0 aromatic carbocycles. The molecule has 2 aromatic rings. The zero-order valence-electron chi connectivity index (χ0n) is 15.4. The van der Waals surface area contributed by atoms with Crippen LogP contribution >= 0.6 is 0 Å². The summed E-state index contributed by atoms with van der Waals surface area (Å²) in [5.74, 6) is -3.12. The SMILES string of the molecule is Cc1ccc(C(=O)O)c(N2CCN(c3ccncc3)CC2)n1.O=C(O)C(F)(F)F. The Morgan fingerprint density at radius 2 is 1.48 bits per heavy atom. The third-order valence-corrected chi connectivity index (χ3v) is 4.09. The number of aromatic nitrogens is 2. The number of halogens is 3. The van der Waals surface area contributed by atoms with Crippen LogP contribution in [0, 0.1) is 6.92 Å². The Morgan fingerprint density at radius 3 is 1.97 bits per heavy atom. The van der Waals surface area contributed by atoms with Gasteiger partial charge in [0.15, 0.2) is 0 Å². The fourth-order valence-electron chi connectivity index (χ4n) is 2.68. The lowest BCUT2D eigenvalue weighted by molar-refractivity contribution is -0.192. The van der Waals surface area contributed by atoms with Gasteiger partial charge in [-0.15, -0.1) is 0 Å². The van der Waals surface area contributed by atoms with Crippen molar-refractivity contribution in [3.05, 3.63) is 47.9 Å². The zero-order chi connectivity index (χ0) is 21.6. The molecule has 8 nitrogen and oxygen atoms in total. The van der Waals surface area contributed by atoms with Gasteiger partial charge in [0.1, 0.15) is 11.4 Å². The molecule has 2 N–H and O–H groups in total. The lowest BCUT2D eigenvalue weighted by Crippen LogP contribution is -2.47. The lowest BCUT2D eigenvalue weighted by atomic mass is 10.2. The average Bonchev–Trinajstić information content (AvgIpc) is 2.68. The topological polar surface area (TPSA) is 107 Å². The number of aliphatic carboxylic acids is 1. The molecule has 2 aromatic heterocycles. The maximum absolute atomic E-state index is 11.4. The van der Waals surface area contributed by atoms with Crippen molar-refractivity contribution < 1.29 is 33.0 Å². The Labute approximate surface area is 164 Å². The number of carbonyl (C=O) groups is 2. The molecule has 0 bridgehead atoms. The fraction of sp³-hybridized carbons (Fsp3) is 0.333. The van der Waals surface area contributed by atoms with Gasteiger partial charge in [0.05, 0.1) is 0 Å². The minimum Gasteiger partial charge on any atom is -0.478 e. The summed E-state index contributed by atoms with van der Waals surface area (Å²) in [5.41, 5.74) is 2.24. The van der Waals surface area contributed by atoms with Crippen LogP contribution in [0.4, 0.5) is 24.7 Å². The van der Waals surface area contributed by atoms with E-state index in [0.717, 1.165) is 37.6 Å². The van der Waals surface area contributed by atoms with Gasteiger partial charge in [-0.05, 0) is 31.2 Å².